The Labute approximate surface area is 166 Å². The topological polar surface area (TPSA) is 72.8 Å². The molecule has 5 nitrogen and oxygen atoms in total. The molecule has 146 valence electrons. The lowest BCUT2D eigenvalue weighted by Gasteiger charge is -2.39. The highest BCUT2D eigenvalue weighted by molar-refractivity contribution is 5.95. The lowest BCUT2D eigenvalue weighted by atomic mass is 9.65. The first-order valence-corrected chi connectivity index (χ1v) is 10.2. The molecule has 4 rings (SSSR count). The molecule has 2 fully saturated rings. The van der Waals surface area contributed by atoms with E-state index in [1.165, 1.54) is 0 Å². The molecule has 2 aliphatic carbocycles. The number of nitrogens with zero attached hydrogens (tertiary/aromatic N) is 3. The predicted molar refractivity (Wildman–Crippen MR) is 106 cm³/mol. The highest BCUT2D eigenvalue weighted by Gasteiger charge is 2.52. The van der Waals surface area contributed by atoms with E-state index < -0.39 is 0 Å². The van der Waals surface area contributed by atoms with E-state index in [0.29, 0.717) is 24.4 Å². The summed E-state index contributed by atoms with van der Waals surface area (Å²) in [6.07, 6.45) is 8.89. The zero-order valence-electron chi connectivity index (χ0n) is 16.7. The predicted octanol–water partition coefficient (Wildman–Crippen LogP) is 4.67. The Bertz CT molecular complexity index is 852. The van der Waals surface area contributed by atoms with E-state index in [0.717, 1.165) is 49.9 Å². The van der Waals surface area contributed by atoms with E-state index in [-0.39, 0.29) is 22.4 Å². The third-order valence-corrected chi connectivity index (χ3v) is 6.64. The number of Topliss-reactive ketones (excluding diaryl/α,β-unsaturated/α-hetero) is 2. The van der Waals surface area contributed by atoms with Crippen molar-refractivity contribution < 1.29 is 9.59 Å². The van der Waals surface area contributed by atoms with Crippen LogP contribution in [0.25, 0.3) is 0 Å². The van der Waals surface area contributed by atoms with Crippen LogP contribution in [0.1, 0.15) is 83.9 Å². The lowest BCUT2D eigenvalue weighted by Crippen LogP contribution is -2.31. The van der Waals surface area contributed by atoms with Crippen molar-refractivity contribution in [1.82, 2.24) is 15.0 Å². The molecule has 0 spiro atoms. The second-order valence-electron chi connectivity index (χ2n) is 8.92. The number of pyridine rings is 1. The highest BCUT2D eigenvalue weighted by Crippen LogP contribution is 2.61. The first-order chi connectivity index (χ1) is 13.4. The van der Waals surface area contributed by atoms with Gasteiger partial charge in [-0.25, -0.2) is 9.97 Å². The van der Waals surface area contributed by atoms with Crippen molar-refractivity contribution in [3.63, 3.8) is 0 Å². The molecule has 2 aromatic rings. The summed E-state index contributed by atoms with van der Waals surface area (Å²) in [5, 5.41) is 0. The molecule has 0 amide bonds. The fraction of sp³-hybridized carbons (Fsp3) is 0.522. The van der Waals surface area contributed by atoms with Gasteiger partial charge in [0, 0.05) is 30.4 Å². The Kier molecular flexibility index (Phi) is 4.86. The first kappa shape index (κ1) is 18.9. The van der Waals surface area contributed by atoms with Crippen molar-refractivity contribution in [3.05, 3.63) is 53.4 Å². The Balaban J connectivity index is 1.48. The molecule has 2 atom stereocenters. The van der Waals surface area contributed by atoms with Crippen LogP contribution in [0.2, 0.25) is 0 Å². The average molecular weight is 377 g/mol. The summed E-state index contributed by atoms with van der Waals surface area (Å²) in [5.74, 6) is 0.500. The Morgan fingerprint density at radius 1 is 0.893 bits per heavy atom. The van der Waals surface area contributed by atoms with Gasteiger partial charge < -0.3 is 0 Å². The third-order valence-electron chi connectivity index (χ3n) is 6.64. The number of hydrogen-bond donors (Lipinski definition) is 0. The van der Waals surface area contributed by atoms with Crippen LogP contribution in [0.3, 0.4) is 0 Å². The number of aromatic nitrogens is 3. The SMILES string of the molecule is Cc1cccc(C(=O)CC23CCCC(CC(=O)c4nccc(C)n4)(CC2)C3)n1. The molecule has 0 saturated heterocycles. The maximum Gasteiger partial charge on any atom is 0.200 e. The van der Waals surface area contributed by atoms with Gasteiger partial charge in [0.25, 0.3) is 0 Å². The van der Waals surface area contributed by atoms with Gasteiger partial charge in [0.1, 0.15) is 5.69 Å². The van der Waals surface area contributed by atoms with Gasteiger partial charge in [0.05, 0.1) is 0 Å². The summed E-state index contributed by atoms with van der Waals surface area (Å²) in [5.41, 5.74) is 2.28. The zero-order valence-corrected chi connectivity index (χ0v) is 16.7. The van der Waals surface area contributed by atoms with Crippen molar-refractivity contribution in [2.75, 3.05) is 0 Å². The molecule has 2 saturated carbocycles. The van der Waals surface area contributed by atoms with Gasteiger partial charge in [-0.3, -0.25) is 14.6 Å². The molecule has 2 aromatic heterocycles. The largest absolute Gasteiger partial charge is 0.292 e. The van der Waals surface area contributed by atoms with Crippen LogP contribution in [0.15, 0.2) is 30.5 Å². The standard InChI is InChI=1S/C23H27N3O2/c1-16-5-3-6-18(25-16)19(27)13-22-8-4-9-23(15-22,11-10-22)14-20(28)21-24-12-7-17(2)26-21/h3,5-7,12H,4,8-11,13-15H2,1-2H3. The van der Waals surface area contributed by atoms with E-state index >= 15 is 0 Å². The van der Waals surface area contributed by atoms with Gasteiger partial charge in [-0.1, -0.05) is 12.5 Å². The van der Waals surface area contributed by atoms with Crippen molar-refractivity contribution in [1.29, 1.82) is 0 Å². The Hall–Kier alpha value is -2.43. The summed E-state index contributed by atoms with van der Waals surface area (Å²) in [6, 6.07) is 7.43. The molecule has 2 aliphatic rings. The number of aryl methyl sites for hydroxylation is 2. The maximum absolute atomic E-state index is 12.9. The van der Waals surface area contributed by atoms with Crippen molar-refractivity contribution in [2.45, 2.75) is 65.2 Å². The minimum atomic E-state index is 0.00273. The molecule has 2 unspecified atom stereocenters. The third kappa shape index (κ3) is 3.75. The van der Waals surface area contributed by atoms with E-state index in [1.807, 2.05) is 32.0 Å². The summed E-state index contributed by atoms with van der Waals surface area (Å²) < 4.78 is 0. The van der Waals surface area contributed by atoms with Gasteiger partial charge in [0.2, 0.25) is 5.78 Å². The van der Waals surface area contributed by atoms with Crippen LogP contribution in [0.5, 0.6) is 0 Å². The van der Waals surface area contributed by atoms with Gasteiger partial charge in [0.15, 0.2) is 11.6 Å². The molecule has 2 bridgehead atoms. The molecule has 28 heavy (non-hydrogen) atoms. The zero-order chi connectivity index (χ0) is 19.8. The van der Waals surface area contributed by atoms with Crippen molar-refractivity contribution in [3.8, 4) is 0 Å². The highest BCUT2D eigenvalue weighted by atomic mass is 16.1. The minimum absolute atomic E-state index is 0.00273. The molecule has 2 heterocycles. The van der Waals surface area contributed by atoms with Crippen LogP contribution < -0.4 is 0 Å². The van der Waals surface area contributed by atoms with Gasteiger partial charge in [-0.2, -0.15) is 0 Å². The lowest BCUT2D eigenvalue weighted by molar-refractivity contribution is 0.0746. The van der Waals surface area contributed by atoms with E-state index in [2.05, 4.69) is 15.0 Å². The number of ketones is 2. The molecular weight excluding hydrogens is 350 g/mol. The van der Waals surface area contributed by atoms with Crippen molar-refractivity contribution in [2.24, 2.45) is 10.8 Å². The van der Waals surface area contributed by atoms with E-state index in [4.69, 9.17) is 0 Å². The molecule has 0 radical (unpaired) electrons. The average Bonchev–Trinajstić information content (AvgIpc) is 2.91. The summed E-state index contributed by atoms with van der Waals surface area (Å²) in [6.45, 7) is 3.79. The molecular formula is C23H27N3O2. The Morgan fingerprint density at radius 2 is 1.57 bits per heavy atom. The van der Waals surface area contributed by atoms with Crippen molar-refractivity contribution >= 4 is 11.6 Å². The van der Waals surface area contributed by atoms with Crippen LogP contribution in [-0.2, 0) is 0 Å². The second kappa shape index (κ2) is 7.19. The second-order valence-corrected chi connectivity index (χ2v) is 8.92. The molecule has 5 heteroatoms. The van der Waals surface area contributed by atoms with Gasteiger partial charge in [-0.05, 0) is 75.0 Å². The van der Waals surface area contributed by atoms with E-state index in [1.54, 1.807) is 12.3 Å². The van der Waals surface area contributed by atoms with Crippen LogP contribution in [0.4, 0.5) is 0 Å². The van der Waals surface area contributed by atoms with Gasteiger partial charge >= 0.3 is 0 Å². The summed E-state index contributed by atoms with van der Waals surface area (Å²) in [4.78, 5) is 38.6. The molecule has 0 aliphatic heterocycles. The number of hydrogen-bond acceptors (Lipinski definition) is 5. The van der Waals surface area contributed by atoms with Gasteiger partial charge in [-0.15, -0.1) is 0 Å². The number of rotatable bonds is 6. The minimum Gasteiger partial charge on any atom is -0.292 e. The summed E-state index contributed by atoms with van der Waals surface area (Å²) in [7, 11) is 0. The normalized spacial score (nSPS) is 26.2. The molecule has 0 aromatic carbocycles. The van der Waals surface area contributed by atoms with E-state index in [9.17, 15) is 9.59 Å². The Morgan fingerprint density at radius 3 is 2.25 bits per heavy atom. The smallest absolute Gasteiger partial charge is 0.200 e. The van der Waals surface area contributed by atoms with Crippen LogP contribution >= 0.6 is 0 Å². The summed E-state index contributed by atoms with van der Waals surface area (Å²) >= 11 is 0. The maximum atomic E-state index is 12.9. The number of carbonyl (C=O) groups is 2. The van der Waals surface area contributed by atoms with Crippen LogP contribution in [-0.4, -0.2) is 26.5 Å². The monoisotopic (exact) mass is 377 g/mol. The fourth-order valence-electron chi connectivity index (χ4n) is 5.38. The number of carbonyl (C=O) groups excluding carboxylic acids is 2. The quantitative estimate of drug-likeness (QED) is 0.684. The number of fused-ring (bicyclic) bond motifs is 2. The fourth-order valence-corrected chi connectivity index (χ4v) is 5.38. The first-order valence-electron chi connectivity index (χ1n) is 10.2. The molecule has 0 N–H and O–H groups in total. The van der Waals surface area contributed by atoms with Crippen LogP contribution in [0, 0.1) is 24.7 Å².